The van der Waals surface area contributed by atoms with E-state index >= 15 is 0 Å². The number of aryl methyl sites for hydroxylation is 1. The second-order valence-corrected chi connectivity index (χ2v) is 6.66. The van der Waals surface area contributed by atoms with Gasteiger partial charge in [0.2, 0.25) is 0 Å². The van der Waals surface area contributed by atoms with Crippen molar-refractivity contribution in [2.75, 3.05) is 31.9 Å². The molecule has 7 nitrogen and oxygen atoms in total. The van der Waals surface area contributed by atoms with Gasteiger partial charge in [-0.2, -0.15) is 0 Å². The van der Waals surface area contributed by atoms with Gasteiger partial charge >= 0.3 is 6.09 Å². The molecule has 0 saturated carbocycles. The van der Waals surface area contributed by atoms with Gasteiger partial charge < -0.3 is 20.3 Å². The van der Waals surface area contributed by atoms with Gasteiger partial charge in [0.15, 0.2) is 0 Å². The van der Waals surface area contributed by atoms with Crippen LogP contribution in [0.5, 0.6) is 0 Å². The minimum absolute atomic E-state index is 0.105. The lowest BCUT2D eigenvalue weighted by Crippen LogP contribution is -2.51. The summed E-state index contributed by atoms with van der Waals surface area (Å²) in [5.74, 6) is -0.105. The maximum absolute atomic E-state index is 12.6. The van der Waals surface area contributed by atoms with Crippen molar-refractivity contribution in [1.82, 2.24) is 14.8 Å². The molecule has 1 aromatic rings. The molecule has 23 heavy (non-hydrogen) atoms. The van der Waals surface area contributed by atoms with Crippen LogP contribution in [-0.2, 0) is 4.74 Å². The molecule has 1 fully saturated rings. The summed E-state index contributed by atoms with van der Waals surface area (Å²) in [6.45, 7) is 9.12. The van der Waals surface area contributed by atoms with E-state index in [1.54, 1.807) is 22.8 Å². The van der Waals surface area contributed by atoms with Crippen molar-refractivity contribution in [2.24, 2.45) is 0 Å². The predicted molar refractivity (Wildman–Crippen MR) is 87.1 cm³/mol. The summed E-state index contributed by atoms with van der Waals surface area (Å²) in [5.41, 5.74) is 6.82. The van der Waals surface area contributed by atoms with Crippen LogP contribution >= 0.6 is 0 Å². The Bertz CT molecular complexity index is 602. The number of pyridine rings is 1. The lowest BCUT2D eigenvalue weighted by atomic mass is 10.1. The van der Waals surface area contributed by atoms with Crippen molar-refractivity contribution < 1.29 is 14.3 Å². The van der Waals surface area contributed by atoms with Crippen LogP contribution in [0.3, 0.4) is 0 Å². The number of aromatic nitrogens is 1. The normalized spacial score (nSPS) is 15.5. The Labute approximate surface area is 136 Å². The van der Waals surface area contributed by atoms with Gasteiger partial charge in [0.05, 0.1) is 23.1 Å². The lowest BCUT2D eigenvalue weighted by molar-refractivity contribution is 0.0140. The number of ether oxygens (including phenoxy) is 1. The molecule has 2 N–H and O–H groups in total. The first-order chi connectivity index (χ1) is 10.7. The van der Waals surface area contributed by atoms with E-state index in [0.717, 1.165) is 0 Å². The van der Waals surface area contributed by atoms with E-state index in [1.807, 2.05) is 20.8 Å². The number of hydrogen-bond donors (Lipinski definition) is 1. The van der Waals surface area contributed by atoms with Crippen molar-refractivity contribution >= 4 is 17.7 Å². The highest BCUT2D eigenvalue weighted by Gasteiger charge is 2.28. The molecule has 126 valence electrons. The molecule has 0 bridgehead atoms. The van der Waals surface area contributed by atoms with Gasteiger partial charge in [-0.15, -0.1) is 0 Å². The molecule has 0 atom stereocenters. The maximum atomic E-state index is 12.6. The Morgan fingerprint density at radius 3 is 2.30 bits per heavy atom. The van der Waals surface area contributed by atoms with E-state index in [0.29, 0.717) is 43.1 Å². The zero-order chi connectivity index (χ0) is 17.2. The Morgan fingerprint density at radius 2 is 1.74 bits per heavy atom. The molecule has 1 aromatic heterocycles. The number of piperazine rings is 1. The van der Waals surface area contributed by atoms with Gasteiger partial charge in [-0.3, -0.25) is 9.78 Å². The molecule has 1 aliphatic heterocycles. The topological polar surface area (TPSA) is 88.8 Å². The summed E-state index contributed by atoms with van der Waals surface area (Å²) in [5, 5.41) is 0. The van der Waals surface area contributed by atoms with Gasteiger partial charge in [0.25, 0.3) is 5.91 Å². The van der Waals surface area contributed by atoms with E-state index in [-0.39, 0.29) is 12.0 Å². The van der Waals surface area contributed by atoms with E-state index in [9.17, 15) is 9.59 Å². The van der Waals surface area contributed by atoms with E-state index < -0.39 is 5.60 Å². The molecule has 0 spiro atoms. The highest BCUT2D eigenvalue weighted by atomic mass is 16.6. The minimum Gasteiger partial charge on any atom is -0.444 e. The van der Waals surface area contributed by atoms with Gasteiger partial charge in [-0.25, -0.2) is 4.79 Å². The van der Waals surface area contributed by atoms with Gasteiger partial charge in [-0.05, 0) is 33.8 Å². The first-order valence-corrected chi connectivity index (χ1v) is 7.67. The van der Waals surface area contributed by atoms with Crippen LogP contribution in [0, 0.1) is 6.92 Å². The number of carbonyl (C=O) groups is 2. The molecule has 2 rings (SSSR count). The third-order valence-corrected chi connectivity index (χ3v) is 3.56. The molecule has 0 aliphatic carbocycles. The van der Waals surface area contributed by atoms with Crippen LogP contribution in [0.1, 0.15) is 36.8 Å². The fraction of sp³-hybridized carbons (Fsp3) is 0.562. The summed E-state index contributed by atoms with van der Waals surface area (Å²) in [6, 6.07) is 1.64. The molecule has 2 amide bonds. The lowest BCUT2D eigenvalue weighted by Gasteiger charge is -2.35. The highest BCUT2D eigenvalue weighted by Crippen LogP contribution is 2.16. The summed E-state index contributed by atoms with van der Waals surface area (Å²) in [7, 11) is 0. The standard InChI is InChI=1S/C16H24N4O3/c1-11-13(9-12(17)10-18-11)14(21)19-5-7-20(8-6-19)15(22)23-16(2,3)4/h9-10H,5-8,17H2,1-4H3. The van der Waals surface area contributed by atoms with Crippen LogP contribution in [-0.4, -0.2) is 58.6 Å². The second-order valence-electron chi connectivity index (χ2n) is 6.66. The van der Waals surface area contributed by atoms with Crippen molar-refractivity contribution in [2.45, 2.75) is 33.3 Å². The van der Waals surface area contributed by atoms with Crippen LogP contribution in [0.15, 0.2) is 12.3 Å². The Balaban J connectivity index is 1.97. The van der Waals surface area contributed by atoms with Gasteiger partial charge in [-0.1, -0.05) is 0 Å². The van der Waals surface area contributed by atoms with Crippen LogP contribution in [0.2, 0.25) is 0 Å². The number of nitrogens with two attached hydrogens (primary N) is 1. The average molecular weight is 320 g/mol. The minimum atomic E-state index is -0.519. The first-order valence-electron chi connectivity index (χ1n) is 7.67. The van der Waals surface area contributed by atoms with E-state index in [2.05, 4.69) is 4.98 Å². The van der Waals surface area contributed by atoms with E-state index in [1.165, 1.54) is 6.20 Å². The smallest absolute Gasteiger partial charge is 0.410 e. The zero-order valence-corrected chi connectivity index (χ0v) is 14.1. The quantitative estimate of drug-likeness (QED) is 0.850. The molecule has 0 radical (unpaired) electrons. The number of hydrogen-bond acceptors (Lipinski definition) is 5. The van der Waals surface area contributed by atoms with Gasteiger partial charge in [0.1, 0.15) is 5.60 Å². The maximum Gasteiger partial charge on any atom is 0.410 e. The number of rotatable bonds is 1. The fourth-order valence-electron chi connectivity index (χ4n) is 2.35. The van der Waals surface area contributed by atoms with Crippen molar-refractivity contribution in [3.05, 3.63) is 23.5 Å². The van der Waals surface area contributed by atoms with Crippen LogP contribution in [0.4, 0.5) is 10.5 Å². The third-order valence-electron chi connectivity index (χ3n) is 3.56. The van der Waals surface area contributed by atoms with Crippen LogP contribution in [0.25, 0.3) is 0 Å². The Morgan fingerprint density at radius 1 is 1.17 bits per heavy atom. The zero-order valence-electron chi connectivity index (χ0n) is 14.1. The van der Waals surface area contributed by atoms with Crippen molar-refractivity contribution in [1.29, 1.82) is 0 Å². The van der Waals surface area contributed by atoms with Crippen molar-refractivity contribution in [3.63, 3.8) is 0 Å². The summed E-state index contributed by atoms with van der Waals surface area (Å²) in [6.07, 6.45) is 1.19. The summed E-state index contributed by atoms with van der Waals surface area (Å²) < 4.78 is 5.35. The second kappa shape index (κ2) is 6.44. The molecule has 1 saturated heterocycles. The van der Waals surface area contributed by atoms with E-state index in [4.69, 9.17) is 10.5 Å². The number of anilines is 1. The average Bonchev–Trinajstić information content (AvgIpc) is 2.47. The molecular formula is C16H24N4O3. The molecule has 7 heteroatoms. The molecule has 1 aliphatic rings. The highest BCUT2D eigenvalue weighted by molar-refractivity contribution is 5.96. The monoisotopic (exact) mass is 320 g/mol. The molecule has 2 heterocycles. The number of nitrogen functional groups attached to an aromatic ring is 1. The first kappa shape index (κ1) is 17.1. The number of amides is 2. The number of carbonyl (C=O) groups excluding carboxylic acids is 2. The van der Waals surface area contributed by atoms with Gasteiger partial charge in [0, 0.05) is 26.2 Å². The Kier molecular flexibility index (Phi) is 4.77. The molecule has 0 unspecified atom stereocenters. The Hall–Kier alpha value is -2.31. The third kappa shape index (κ3) is 4.34. The summed E-state index contributed by atoms with van der Waals surface area (Å²) in [4.78, 5) is 32.1. The predicted octanol–water partition coefficient (Wildman–Crippen LogP) is 1.67. The SMILES string of the molecule is Cc1ncc(N)cc1C(=O)N1CCN(C(=O)OC(C)(C)C)CC1. The summed E-state index contributed by atoms with van der Waals surface area (Å²) >= 11 is 0. The molecular weight excluding hydrogens is 296 g/mol. The van der Waals surface area contributed by atoms with Crippen LogP contribution < -0.4 is 5.73 Å². The molecule has 0 aromatic carbocycles. The number of nitrogens with zero attached hydrogens (tertiary/aromatic N) is 3. The largest absolute Gasteiger partial charge is 0.444 e. The van der Waals surface area contributed by atoms with Crippen molar-refractivity contribution in [3.8, 4) is 0 Å². The fourth-order valence-corrected chi connectivity index (χ4v) is 2.35.